The van der Waals surface area contributed by atoms with Crippen molar-refractivity contribution in [2.75, 3.05) is 31.5 Å². The van der Waals surface area contributed by atoms with Gasteiger partial charge in [-0.3, -0.25) is 4.90 Å². The van der Waals surface area contributed by atoms with Crippen LogP contribution in [0.5, 0.6) is 0 Å². The Morgan fingerprint density at radius 1 is 1.15 bits per heavy atom. The molecule has 0 unspecified atom stereocenters. The number of hydrogen-bond acceptors (Lipinski definition) is 7. The van der Waals surface area contributed by atoms with E-state index < -0.39 is 6.09 Å². The number of anilines is 2. The van der Waals surface area contributed by atoms with Crippen LogP contribution in [0.25, 0.3) is 21.5 Å². The Hall–Kier alpha value is -3.63. The van der Waals surface area contributed by atoms with Gasteiger partial charge in [0.05, 0.1) is 5.52 Å². The lowest BCUT2D eigenvalue weighted by Crippen LogP contribution is -2.47. The second-order valence-corrected chi connectivity index (χ2v) is 8.67. The maximum absolute atomic E-state index is 13.5. The molecule has 1 saturated heterocycles. The van der Waals surface area contributed by atoms with Crippen LogP contribution in [0.3, 0.4) is 0 Å². The zero-order chi connectivity index (χ0) is 22.8. The molecule has 2 aromatic carbocycles. The summed E-state index contributed by atoms with van der Waals surface area (Å²) >= 11 is 1.57. The van der Waals surface area contributed by atoms with Gasteiger partial charge in [-0.25, -0.2) is 24.1 Å². The van der Waals surface area contributed by atoms with E-state index in [1.54, 1.807) is 35.9 Å². The first-order chi connectivity index (χ1) is 16.0. The summed E-state index contributed by atoms with van der Waals surface area (Å²) in [6.07, 6.45) is 2.65. The number of carboxylic acid groups (broad SMARTS) is 1. The minimum atomic E-state index is -0.876. The molecule has 10 heteroatoms. The maximum atomic E-state index is 13.5. The van der Waals surface area contributed by atoms with Gasteiger partial charge in [-0.05, 0) is 35.9 Å². The number of halogens is 1. The first kappa shape index (κ1) is 21.2. The lowest BCUT2D eigenvalue weighted by molar-refractivity contribution is 0.103. The molecule has 33 heavy (non-hydrogen) atoms. The molecule has 1 aliphatic rings. The molecule has 0 radical (unpaired) electrons. The number of benzene rings is 2. The smallest absolute Gasteiger partial charge is 0.407 e. The first-order valence-corrected chi connectivity index (χ1v) is 11.4. The Balaban J connectivity index is 1.46. The number of rotatable bonds is 5. The van der Waals surface area contributed by atoms with Crippen LogP contribution in [0.15, 0.2) is 54.2 Å². The number of hydrogen-bond donors (Lipinski definition) is 2. The molecule has 2 aromatic heterocycles. The summed E-state index contributed by atoms with van der Waals surface area (Å²) in [7, 11) is 0. The highest BCUT2D eigenvalue weighted by Gasteiger charge is 2.22. The molecule has 0 atom stereocenters. The van der Waals surface area contributed by atoms with Crippen molar-refractivity contribution >= 4 is 40.0 Å². The van der Waals surface area contributed by atoms with Crippen LogP contribution >= 0.6 is 11.3 Å². The first-order valence-electron chi connectivity index (χ1n) is 10.5. The van der Waals surface area contributed by atoms with Crippen LogP contribution in [0.2, 0.25) is 0 Å². The van der Waals surface area contributed by atoms with E-state index in [0.29, 0.717) is 44.4 Å². The third-order valence-corrected chi connectivity index (χ3v) is 6.39. The molecule has 2 N–H and O–H groups in total. The summed E-state index contributed by atoms with van der Waals surface area (Å²) in [5, 5.41) is 16.0. The van der Waals surface area contributed by atoms with E-state index in [4.69, 9.17) is 0 Å². The van der Waals surface area contributed by atoms with Gasteiger partial charge in [-0.15, -0.1) is 11.3 Å². The molecule has 0 aliphatic carbocycles. The fourth-order valence-electron chi connectivity index (χ4n) is 3.90. The third-order valence-electron chi connectivity index (χ3n) is 5.59. The predicted molar refractivity (Wildman–Crippen MR) is 125 cm³/mol. The largest absolute Gasteiger partial charge is 0.465 e. The number of fused-ring (bicyclic) bond motifs is 1. The number of nitrogens with zero attached hydrogens (tertiary/aromatic N) is 5. The second kappa shape index (κ2) is 9.08. The molecule has 1 fully saturated rings. The zero-order valence-corrected chi connectivity index (χ0v) is 18.4. The summed E-state index contributed by atoms with van der Waals surface area (Å²) in [6.45, 7) is 2.96. The summed E-state index contributed by atoms with van der Waals surface area (Å²) in [5.74, 6) is 0.0512. The van der Waals surface area contributed by atoms with Gasteiger partial charge in [0.1, 0.15) is 10.8 Å². The van der Waals surface area contributed by atoms with Crippen molar-refractivity contribution in [2.24, 2.45) is 0 Å². The highest BCUT2D eigenvalue weighted by atomic mass is 32.1. The third kappa shape index (κ3) is 4.76. The van der Waals surface area contributed by atoms with Crippen LogP contribution in [0, 0.1) is 5.82 Å². The molecule has 3 heterocycles. The van der Waals surface area contributed by atoms with E-state index in [-0.39, 0.29) is 5.82 Å². The number of piperazine rings is 1. The lowest BCUT2D eigenvalue weighted by Gasteiger charge is -2.33. The maximum Gasteiger partial charge on any atom is 0.407 e. The van der Waals surface area contributed by atoms with Crippen molar-refractivity contribution in [2.45, 2.75) is 6.54 Å². The molecule has 0 bridgehead atoms. The topological polar surface area (TPSA) is 94.5 Å². The molecule has 168 valence electrons. The SMILES string of the molecule is O=C(O)N1CCN(Cc2cc3nc(Nc4cccc(F)c4)ncc3cc2-c2nccs2)CC1. The van der Waals surface area contributed by atoms with Crippen molar-refractivity contribution in [3.8, 4) is 10.6 Å². The fourth-order valence-corrected chi connectivity index (χ4v) is 4.59. The molecule has 4 aromatic rings. The van der Waals surface area contributed by atoms with Gasteiger partial charge in [-0.2, -0.15) is 0 Å². The monoisotopic (exact) mass is 464 g/mol. The normalized spacial score (nSPS) is 14.5. The Kier molecular flexibility index (Phi) is 5.84. The molecule has 0 spiro atoms. The zero-order valence-electron chi connectivity index (χ0n) is 17.6. The van der Waals surface area contributed by atoms with Crippen LogP contribution < -0.4 is 5.32 Å². The summed E-state index contributed by atoms with van der Waals surface area (Å²) < 4.78 is 13.5. The summed E-state index contributed by atoms with van der Waals surface area (Å²) in [6, 6.07) is 10.2. The number of carbonyl (C=O) groups is 1. The van der Waals surface area contributed by atoms with Gasteiger partial charge >= 0.3 is 6.09 Å². The highest BCUT2D eigenvalue weighted by molar-refractivity contribution is 7.13. The van der Waals surface area contributed by atoms with Crippen molar-refractivity contribution < 1.29 is 14.3 Å². The quantitative estimate of drug-likeness (QED) is 0.451. The van der Waals surface area contributed by atoms with Crippen molar-refractivity contribution in [1.29, 1.82) is 0 Å². The Morgan fingerprint density at radius 3 is 2.73 bits per heavy atom. The molecule has 1 aliphatic heterocycles. The highest BCUT2D eigenvalue weighted by Crippen LogP contribution is 2.31. The predicted octanol–water partition coefficient (Wildman–Crippen LogP) is 4.43. The van der Waals surface area contributed by atoms with Crippen LogP contribution in [-0.4, -0.2) is 62.1 Å². The van der Waals surface area contributed by atoms with E-state index in [2.05, 4.69) is 25.2 Å². The van der Waals surface area contributed by atoms with E-state index in [0.717, 1.165) is 27.0 Å². The van der Waals surface area contributed by atoms with E-state index in [1.165, 1.54) is 17.0 Å². The molecular weight excluding hydrogens is 443 g/mol. The average Bonchev–Trinajstić information content (AvgIpc) is 3.34. The minimum absolute atomic E-state index is 0.334. The number of amides is 1. The Bertz CT molecular complexity index is 1290. The van der Waals surface area contributed by atoms with E-state index in [1.807, 2.05) is 17.5 Å². The van der Waals surface area contributed by atoms with Crippen LogP contribution in [0.1, 0.15) is 5.56 Å². The number of thiazole rings is 1. The van der Waals surface area contributed by atoms with Crippen molar-refractivity contribution in [1.82, 2.24) is 24.8 Å². The fraction of sp³-hybridized carbons (Fsp3) is 0.217. The van der Waals surface area contributed by atoms with Crippen molar-refractivity contribution in [3.05, 3.63) is 65.6 Å². The molecule has 0 saturated carbocycles. The standard InChI is InChI=1S/C23H21FN6O2S/c24-17-2-1-3-18(12-17)27-22-26-13-15-10-19(21-25-4-9-33-21)16(11-20(15)28-22)14-29-5-7-30(8-6-29)23(31)32/h1-4,9-13H,5-8,14H2,(H,31,32)(H,26,27,28). The lowest BCUT2D eigenvalue weighted by atomic mass is 10.0. The van der Waals surface area contributed by atoms with E-state index >= 15 is 0 Å². The average molecular weight is 465 g/mol. The van der Waals surface area contributed by atoms with Gasteiger partial charge in [0, 0.05) is 67.1 Å². The van der Waals surface area contributed by atoms with Crippen LogP contribution in [0.4, 0.5) is 20.8 Å². The molecule has 8 nitrogen and oxygen atoms in total. The molecule has 5 rings (SSSR count). The molecule has 1 amide bonds. The number of aromatic nitrogens is 3. The Morgan fingerprint density at radius 2 is 2.00 bits per heavy atom. The van der Waals surface area contributed by atoms with Crippen molar-refractivity contribution in [3.63, 3.8) is 0 Å². The van der Waals surface area contributed by atoms with Crippen LogP contribution in [-0.2, 0) is 6.54 Å². The minimum Gasteiger partial charge on any atom is -0.465 e. The molecular formula is C23H21FN6O2S. The van der Waals surface area contributed by atoms with Gasteiger partial charge in [0.2, 0.25) is 5.95 Å². The summed E-state index contributed by atoms with van der Waals surface area (Å²) in [5.41, 5.74) is 3.43. The van der Waals surface area contributed by atoms with Gasteiger partial charge in [-0.1, -0.05) is 6.07 Å². The summed E-state index contributed by atoms with van der Waals surface area (Å²) in [4.78, 5) is 28.4. The number of nitrogens with one attached hydrogen (secondary N) is 1. The van der Waals surface area contributed by atoms with Gasteiger partial charge < -0.3 is 15.3 Å². The van der Waals surface area contributed by atoms with Gasteiger partial charge in [0.25, 0.3) is 0 Å². The van der Waals surface area contributed by atoms with E-state index in [9.17, 15) is 14.3 Å². The van der Waals surface area contributed by atoms with Gasteiger partial charge in [0.15, 0.2) is 0 Å². The second-order valence-electron chi connectivity index (χ2n) is 7.78. The Labute approximate surface area is 193 Å².